The van der Waals surface area contributed by atoms with Crippen molar-refractivity contribution in [3.63, 3.8) is 0 Å². The molecule has 0 spiro atoms. The van der Waals surface area contributed by atoms with E-state index in [0.29, 0.717) is 0 Å². The van der Waals surface area contributed by atoms with Crippen LogP contribution in [0.4, 0.5) is 0 Å². The number of nitrogens with zero attached hydrogens (tertiary/aromatic N) is 3. The molecular formula is C16H25N3. The van der Waals surface area contributed by atoms with Gasteiger partial charge in [-0.3, -0.25) is 0 Å². The third-order valence-electron chi connectivity index (χ3n) is 2.90. The fourth-order valence-electron chi connectivity index (χ4n) is 2.26. The Kier molecular flexibility index (Phi) is 3.41. The highest BCUT2D eigenvalue weighted by atomic mass is 15.1. The molecule has 0 aromatic carbocycles. The Labute approximate surface area is 116 Å². The molecular weight excluding hydrogens is 234 g/mol. The average molecular weight is 259 g/mol. The van der Waals surface area contributed by atoms with Crippen molar-refractivity contribution < 1.29 is 0 Å². The van der Waals surface area contributed by atoms with Gasteiger partial charge in [-0.05, 0) is 23.0 Å². The number of rotatable bonds is 2. The Balaban J connectivity index is 2.52. The van der Waals surface area contributed by atoms with E-state index in [9.17, 15) is 0 Å². The van der Waals surface area contributed by atoms with Gasteiger partial charge >= 0.3 is 0 Å². The van der Waals surface area contributed by atoms with Gasteiger partial charge in [0.25, 0.3) is 0 Å². The van der Waals surface area contributed by atoms with Crippen LogP contribution in [0.15, 0.2) is 18.3 Å². The van der Waals surface area contributed by atoms with Gasteiger partial charge in [0.15, 0.2) is 5.65 Å². The highest BCUT2D eigenvalue weighted by Crippen LogP contribution is 2.26. The lowest BCUT2D eigenvalue weighted by molar-refractivity contribution is 0.327. The molecule has 3 nitrogen and oxygen atoms in total. The maximum atomic E-state index is 4.78. The van der Waals surface area contributed by atoms with E-state index in [1.54, 1.807) is 0 Å². The Morgan fingerprint density at radius 3 is 2.32 bits per heavy atom. The molecule has 2 rings (SSSR count). The molecule has 0 fully saturated rings. The smallest absolute Gasteiger partial charge is 0.160 e. The maximum Gasteiger partial charge on any atom is 0.160 e. The summed E-state index contributed by atoms with van der Waals surface area (Å²) in [6.07, 6.45) is 2.82. The standard InChI is InChI=1S/C16H25N3/c1-15(2,3)10-13-18-12-8-7-9-17-14(12)19(13)11-16(4,5)6/h7-9H,10-11H2,1-6H3. The molecule has 3 heteroatoms. The highest BCUT2D eigenvalue weighted by molar-refractivity contribution is 5.71. The number of fused-ring (bicyclic) bond motifs is 1. The molecule has 0 N–H and O–H groups in total. The normalized spacial score (nSPS) is 13.2. The summed E-state index contributed by atoms with van der Waals surface area (Å²) in [7, 11) is 0. The second-order valence-corrected chi connectivity index (χ2v) is 7.76. The Hall–Kier alpha value is -1.38. The van der Waals surface area contributed by atoms with Gasteiger partial charge in [-0.1, -0.05) is 41.5 Å². The molecule has 0 amide bonds. The number of imidazole rings is 1. The minimum atomic E-state index is 0.220. The number of aromatic nitrogens is 3. The van der Waals surface area contributed by atoms with Crippen molar-refractivity contribution in [2.75, 3.05) is 0 Å². The first-order chi connectivity index (χ1) is 8.66. The third kappa shape index (κ3) is 3.55. The van der Waals surface area contributed by atoms with Crippen molar-refractivity contribution >= 4 is 11.2 Å². The van der Waals surface area contributed by atoms with Crippen LogP contribution in [0.1, 0.15) is 47.4 Å². The summed E-state index contributed by atoms with van der Waals surface area (Å²) in [6, 6.07) is 4.01. The second kappa shape index (κ2) is 4.62. The van der Waals surface area contributed by atoms with Gasteiger partial charge in [0, 0.05) is 19.2 Å². The molecule has 2 aromatic heterocycles. The summed E-state index contributed by atoms with van der Waals surface area (Å²) in [5.74, 6) is 1.15. The van der Waals surface area contributed by atoms with E-state index in [-0.39, 0.29) is 10.8 Å². The largest absolute Gasteiger partial charge is 0.312 e. The molecule has 104 valence electrons. The van der Waals surface area contributed by atoms with Crippen molar-refractivity contribution in [2.24, 2.45) is 10.8 Å². The Morgan fingerprint density at radius 2 is 1.74 bits per heavy atom. The molecule has 0 aliphatic carbocycles. The van der Waals surface area contributed by atoms with E-state index in [1.807, 2.05) is 18.3 Å². The van der Waals surface area contributed by atoms with E-state index >= 15 is 0 Å². The summed E-state index contributed by atoms with van der Waals surface area (Å²) in [5, 5.41) is 0. The lowest BCUT2D eigenvalue weighted by Crippen LogP contribution is -2.20. The predicted octanol–water partition coefficient (Wildman–Crippen LogP) is 4.07. The minimum absolute atomic E-state index is 0.220. The van der Waals surface area contributed by atoms with Crippen LogP contribution in [0.5, 0.6) is 0 Å². The van der Waals surface area contributed by atoms with E-state index in [2.05, 4.69) is 51.1 Å². The number of hydrogen-bond donors (Lipinski definition) is 0. The quantitative estimate of drug-likeness (QED) is 0.814. The molecule has 2 heterocycles. The fraction of sp³-hybridized carbons (Fsp3) is 0.625. The van der Waals surface area contributed by atoms with E-state index in [0.717, 1.165) is 30.0 Å². The van der Waals surface area contributed by atoms with Crippen LogP contribution in [-0.4, -0.2) is 14.5 Å². The lowest BCUT2D eigenvalue weighted by atomic mass is 9.91. The SMILES string of the molecule is CC(C)(C)Cc1nc2cccnc2n1CC(C)(C)C. The number of hydrogen-bond acceptors (Lipinski definition) is 2. The molecule has 19 heavy (non-hydrogen) atoms. The van der Waals surface area contributed by atoms with E-state index in [1.165, 1.54) is 0 Å². The van der Waals surface area contributed by atoms with E-state index in [4.69, 9.17) is 4.98 Å². The average Bonchev–Trinajstić information content (AvgIpc) is 2.52. The summed E-state index contributed by atoms with van der Waals surface area (Å²) in [5.41, 5.74) is 2.47. The Morgan fingerprint density at radius 1 is 1.05 bits per heavy atom. The van der Waals surface area contributed by atoms with Crippen molar-refractivity contribution in [3.05, 3.63) is 24.2 Å². The predicted molar refractivity (Wildman–Crippen MR) is 80.1 cm³/mol. The van der Waals surface area contributed by atoms with Crippen LogP contribution in [0.2, 0.25) is 0 Å². The topological polar surface area (TPSA) is 30.7 Å². The molecule has 0 unspecified atom stereocenters. The van der Waals surface area contributed by atoms with Crippen LogP contribution >= 0.6 is 0 Å². The summed E-state index contributed by atoms with van der Waals surface area (Å²) < 4.78 is 2.29. The summed E-state index contributed by atoms with van der Waals surface area (Å²) in [4.78, 5) is 9.30. The van der Waals surface area contributed by atoms with Gasteiger partial charge in [0.2, 0.25) is 0 Å². The minimum Gasteiger partial charge on any atom is -0.312 e. The summed E-state index contributed by atoms with van der Waals surface area (Å²) in [6.45, 7) is 14.5. The monoisotopic (exact) mass is 259 g/mol. The Bertz CT molecular complexity index is 568. The molecule has 0 saturated carbocycles. The van der Waals surface area contributed by atoms with Crippen LogP contribution in [0.25, 0.3) is 11.2 Å². The van der Waals surface area contributed by atoms with Crippen LogP contribution in [0.3, 0.4) is 0 Å². The van der Waals surface area contributed by atoms with Crippen molar-refractivity contribution in [1.82, 2.24) is 14.5 Å². The molecule has 0 radical (unpaired) electrons. The fourth-order valence-corrected chi connectivity index (χ4v) is 2.26. The van der Waals surface area contributed by atoms with Crippen LogP contribution in [0, 0.1) is 10.8 Å². The second-order valence-electron chi connectivity index (χ2n) is 7.76. The van der Waals surface area contributed by atoms with Crippen molar-refractivity contribution in [2.45, 2.75) is 54.5 Å². The van der Waals surface area contributed by atoms with Crippen molar-refractivity contribution in [1.29, 1.82) is 0 Å². The van der Waals surface area contributed by atoms with Crippen LogP contribution in [-0.2, 0) is 13.0 Å². The van der Waals surface area contributed by atoms with Gasteiger partial charge in [0.05, 0.1) is 0 Å². The lowest BCUT2D eigenvalue weighted by Gasteiger charge is -2.23. The molecule has 0 atom stereocenters. The van der Waals surface area contributed by atoms with Gasteiger partial charge in [-0.25, -0.2) is 9.97 Å². The molecule has 0 saturated heterocycles. The first-order valence-electron chi connectivity index (χ1n) is 6.96. The van der Waals surface area contributed by atoms with Gasteiger partial charge in [0.1, 0.15) is 11.3 Å². The van der Waals surface area contributed by atoms with Crippen LogP contribution < -0.4 is 0 Å². The number of pyridine rings is 1. The van der Waals surface area contributed by atoms with Gasteiger partial charge in [-0.15, -0.1) is 0 Å². The molecule has 0 aliphatic heterocycles. The first kappa shape index (κ1) is 14.0. The zero-order chi connectivity index (χ0) is 14.3. The van der Waals surface area contributed by atoms with E-state index < -0.39 is 0 Å². The zero-order valence-electron chi connectivity index (χ0n) is 13.0. The molecule has 2 aromatic rings. The van der Waals surface area contributed by atoms with Gasteiger partial charge in [-0.2, -0.15) is 0 Å². The first-order valence-corrected chi connectivity index (χ1v) is 6.96. The zero-order valence-corrected chi connectivity index (χ0v) is 13.0. The maximum absolute atomic E-state index is 4.78. The van der Waals surface area contributed by atoms with Gasteiger partial charge < -0.3 is 4.57 Å². The molecule has 0 bridgehead atoms. The summed E-state index contributed by atoms with van der Waals surface area (Å²) >= 11 is 0. The highest BCUT2D eigenvalue weighted by Gasteiger charge is 2.21. The molecule has 0 aliphatic rings. The van der Waals surface area contributed by atoms with Crippen molar-refractivity contribution in [3.8, 4) is 0 Å². The third-order valence-corrected chi connectivity index (χ3v) is 2.90.